The summed E-state index contributed by atoms with van der Waals surface area (Å²) >= 11 is 0. The average molecular weight is 230 g/mol. The van der Waals surface area contributed by atoms with Gasteiger partial charge in [-0.2, -0.15) is 0 Å². The van der Waals surface area contributed by atoms with E-state index in [4.69, 9.17) is 4.74 Å². The van der Waals surface area contributed by atoms with Crippen LogP contribution in [0.3, 0.4) is 0 Å². The fraction of sp³-hybridized carbons (Fsp3) is 0.500. The lowest BCUT2D eigenvalue weighted by atomic mass is 9.83. The van der Waals surface area contributed by atoms with E-state index in [0.717, 1.165) is 12.1 Å². The number of methoxy groups -OCH3 is 1. The van der Waals surface area contributed by atoms with E-state index in [1.54, 1.807) is 13.8 Å². The van der Waals surface area contributed by atoms with Crippen LogP contribution < -0.4 is 0 Å². The first-order valence-electron chi connectivity index (χ1n) is 5.09. The molecule has 4 heteroatoms. The molecule has 0 fully saturated rings. The van der Waals surface area contributed by atoms with Gasteiger partial charge in [0.15, 0.2) is 0 Å². The molecule has 1 aromatic carbocycles. The number of halogens is 2. The van der Waals surface area contributed by atoms with Crippen LogP contribution in [0, 0.1) is 17.6 Å². The summed E-state index contributed by atoms with van der Waals surface area (Å²) in [5.74, 6) is -1.87. The van der Waals surface area contributed by atoms with E-state index in [2.05, 4.69) is 0 Å². The molecule has 0 saturated heterocycles. The third kappa shape index (κ3) is 2.23. The Bertz CT molecular complexity index is 346. The van der Waals surface area contributed by atoms with E-state index < -0.39 is 17.2 Å². The number of hydrogen-bond acceptors (Lipinski definition) is 2. The van der Waals surface area contributed by atoms with Crippen molar-refractivity contribution in [2.45, 2.75) is 19.4 Å². The minimum Gasteiger partial charge on any atom is -0.382 e. The molecule has 0 aromatic heterocycles. The summed E-state index contributed by atoms with van der Waals surface area (Å²) < 4.78 is 32.0. The molecule has 90 valence electrons. The van der Waals surface area contributed by atoms with Gasteiger partial charge in [-0.1, -0.05) is 19.9 Å². The molecule has 1 N–H and O–H groups in total. The summed E-state index contributed by atoms with van der Waals surface area (Å²) in [6, 6.07) is 3.52. The molecule has 1 atom stereocenters. The maximum atomic E-state index is 13.6. The van der Waals surface area contributed by atoms with Gasteiger partial charge in [0.2, 0.25) is 0 Å². The van der Waals surface area contributed by atoms with Crippen molar-refractivity contribution in [2.24, 2.45) is 5.92 Å². The quantitative estimate of drug-likeness (QED) is 0.861. The Morgan fingerprint density at radius 2 is 1.81 bits per heavy atom. The van der Waals surface area contributed by atoms with Crippen molar-refractivity contribution < 1.29 is 18.6 Å². The summed E-state index contributed by atoms with van der Waals surface area (Å²) in [5, 5.41) is 10.3. The van der Waals surface area contributed by atoms with Gasteiger partial charge in [0.25, 0.3) is 0 Å². The van der Waals surface area contributed by atoms with Crippen LogP contribution in [0.2, 0.25) is 0 Å². The van der Waals surface area contributed by atoms with Crippen LogP contribution in [0.15, 0.2) is 18.2 Å². The Balaban J connectivity index is 3.31. The molecule has 0 saturated carbocycles. The fourth-order valence-electron chi connectivity index (χ4n) is 1.66. The Morgan fingerprint density at radius 1 is 1.31 bits per heavy atom. The summed E-state index contributed by atoms with van der Waals surface area (Å²) in [7, 11) is 1.38. The predicted molar refractivity (Wildman–Crippen MR) is 57.0 cm³/mol. The molecule has 16 heavy (non-hydrogen) atoms. The summed E-state index contributed by atoms with van der Waals surface area (Å²) in [4.78, 5) is 0. The van der Waals surface area contributed by atoms with Crippen LogP contribution in [-0.4, -0.2) is 18.8 Å². The van der Waals surface area contributed by atoms with Crippen LogP contribution in [0.1, 0.15) is 19.4 Å². The maximum Gasteiger partial charge on any atom is 0.132 e. The molecule has 0 heterocycles. The second-order valence-corrected chi connectivity index (χ2v) is 4.11. The highest BCUT2D eigenvalue weighted by atomic mass is 19.1. The zero-order valence-electron chi connectivity index (χ0n) is 9.63. The summed E-state index contributed by atoms with van der Waals surface area (Å²) in [6.07, 6.45) is 0. The van der Waals surface area contributed by atoms with Crippen molar-refractivity contribution in [2.75, 3.05) is 13.7 Å². The van der Waals surface area contributed by atoms with Crippen LogP contribution in [-0.2, 0) is 10.3 Å². The topological polar surface area (TPSA) is 29.5 Å². The number of rotatable bonds is 4. The van der Waals surface area contributed by atoms with E-state index in [1.807, 2.05) is 0 Å². The van der Waals surface area contributed by atoms with Gasteiger partial charge in [-0.15, -0.1) is 0 Å². The highest BCUT2D eigenvalue weighted by molar-refractivity contribution is 5.27. The lowest BCUT2D eigenvalue weighted by Gasteiger charge is -2.32. The van der Waals surface area contributed by atoms with Gasteiger partial charge in [0.05, 0.1) is 12.2 Å². The van der Waals surface area contributed by atoms with Crippen molar-refractivity contribution in [3.05, 3.63) is 35.4 Å². The minimum absolute atomic E-state index is 0.150. The Labute approximate surface area is 93.9 Å². The standard InChI is InChI=1S/C12H16F2O2/c1-8(2)12(15,7-16-3)11-9(13)5-4-6-10(11)14/h4-6,8,15H,7H2,1-3H3. The molecule has 0 bridgehead atoms. The first-order chi connectivity index (χ1) is 7.43. The molecule has 0 radical (unpaired) electrons. The van der Waals surface area contributed by atoms with Crippen LogP contribution in [0.5, 0.6) is 0 Å². The van der Waals surface area contributed by atoms with E-state index in [1.165, 1.54) is 13.2 Å². The van der Waals surface area contributed by atoms with E-state index >= 15 is 0 Å². The molecule has 1 unspecified atom stereocenters. The van der Waals surface area contributed by atoms with Crippen molar-refractivity contribution in [3.8, 4) is 0 Å². The molecular formula is C12H16F2O2. The zero-order valence-corrected chi connectivity index (χ0v) is 9.63. The van der Waals surface area contributed by atoms with Crippen LogP contribution >= 0.6 is 0 Å². The van der Waals surface area contributed by atoms with Gasteiger partial charge in [0.1, 0.15) is 17.2 Å². The van der Waals surface area contributed by atoms with Crippen molar-refractivity contribution in [3.63, 3.8) is 0 Å². The van der Waals surface area contributed by atoms with Gasteiger partial charge in [0, 0.05) is 7.11 Å². The monoisotopic (exact) mass is 230 g/mol. The molecule has 0 aliphatic rings. The van der Waals surface area contributed by atoms with E-state index in [-0.39, 0.29) is 18.1 Å². The third-order valence-electron chi connectivity index (χ3n) is 2.72. The molecule has 0 spiro atoms. The van der Waals surface area contributed by atoms with Gasteiger partial charge < -0.3 is 9.84 Å². The van der Waals surface area contributed by atoms with Crippen LogP contribution in [0.25, 0.3) is 0 Å². The second-order valence-electron chi connectivity index (χ2n) is 4.11. The highest BCUT2D eigenvalue weighted by Gasteiger charge is 2.38. The van der Waals surface area contributed by atoms with Gasteiger partial charge in [-0.25, -0.2) is 8.78 Å². The molecule has 0 aliphatic heterocycles. The van der Waals surface area contributed by atoms with Crippen molar-refractivity contribution >= 4 is 0 Å². The molecule has 2 nitrogen and oxygen atoms in total. The summed E-state index contributed by atoms with van der Waals surface area (Å²) in [6.45, 7) is 3.22. The maximum absolute atomic E-state index is 13.6. The molecular weight excluding hydrogens is 214 g/mol. The van der Waals surface area contributed by atoms with Crippen LogP contribution in [0.4, 0.5) is 8.78 Å². The molecule has 0 aliphatic carbocycles. The Hall–Kier alpha value is -1.00. The third-order valence-corrected chi connectivity index (χ3v) is 2.72. The van der Waals surface area contributed by atoms with Gasteiger partial charge in [-0.3, -0.25) is 0 Å². The number of aliphatic hydroxyl groups is 1. The normalized spacial score (nSPS) is 15.2. The number of ether oxygens (including phenoxy) is 1. The molecule has 0 amide bonds. The highest BCUT2D eigenvalue weighted by Crippen LogP contribution is 2.33. The lowest BCUT2D eigenvalue weighted by Crippen LogP contribution is -2.38. The van der Waals surface area contributed by atoms with Crippen molar-refractivity contribution in [1.29, 1.82) is 0 Å². The lowest BCUT2D eigenvalue weighted by molar-refractivity contribution is -0.0746. The smallest absolute Gasteiger partial charge is 0.132 e. The molecule has 1 rings (SSSR count). The van der Waals surface area contributed by atoms with Crippen molar-refractivity contribution in [1.82, 2.24) is 0 Å². The van der Waals surface area contributed by atoms with E-state index in [0.29, 0.717) is 0 Å². The first-order valence-corrected chi connectivity index (χ1v) is 5.09. The minimum atomic E-state index is -1.65. The predicted octanol–water partition coefficient (Wildman–Crippen LogP) is 2.45. The summed E-state index contributed by atoms with van der Waals surface area (Å²) in [5.41, 5.74) is -1.98. The largest absolute Gasteiger partial charge is 0.382 e. The molecule has 1 aromatic rings. The Morgan fingerprint density at radius 3 is 2.19 bits per heavy atom. The zero-order chi connectivity index (χ0) is 12.3. The van der Waals surface area contributed by atoms with Gasteiger partial charge in [-0.05, 0) is 18.1 Å². The SMILES string of the molecule is COCC(O)(c1c(F)cccc1F)C(C)C. The second kappa shape index (κ2) is 4.89. The van der Waals surface area contributed by atoms with E-state index in [9.17, 15) is 13.9 Å². The fourth-order valence-corrected chi connectivity index (χ4v) is 1.66. The first kappa shape index (κ1) is 13.1. The number of hydrogen-bond donors (Lipinski definition) is 1. The Kier molecular flexibility index (Phi) is 3.99. The number of benzene rings is 1. The van der Waals surface area contributed by atoms with Gasteiger partial charge >= 0.3 is 0 Å². The average Bonchev–Trinajstić information content (AvgIpc) is 2.17.